The monoisotopic (exact) mass is 375 g/mol. The molecule has 2 aromatic rings. The van der Waals surface area contributed by atoms with Crippen molar-refractivity contribution in [3.63, 3.8) is 0 Å². The van der Waals surface area contributed by atoms with Crippen LogP contribution < -0.4 is 5.32 Å². The average Bonchev–Trinajstić information content (AvgIpc) is 2.58. The topological polar surface area (TPSA) is 55.4 Å². The lowest BCUT2D eigenvalue weighted by molar-refractivity contribution is -0.145. The van der Waals surface area contributed by atoms with Crippen LogP contribution in [0.5, 0.6) is 0 Å². The van der Waals surface area contributed by atoms with E-state index in [1.54, 1.807) is 19.1 Å². The highest BCUT2D eigenvalue weighted by Crippen LogP contribution is 2.19. The molecule has 1 amide bonds. The van der Waals surface area contributed by atoms with E-state index < -0.39 is 12.1 Å². The van der Waals surface area contributed by atoms with Crippen molar-refractivity contribution < 1.29 is 18.7 Å². The summed E-state index contributed by atoms with van der Waals surface area (Å²) in [5, 5.41) is 2.84. The van der Waals surface area contributed by atoms with E-state index in [0.717, 1.165) is 22.4 Å². The van der Waals surface area contributed by atoms with Gasteiger partial charge in [-0.3, -0.25) is 9.59 Å². The largest absolute Gasteiger partial charge is 0.457 e. The summed E-state index contributed by atoms with van der Waals surface area (Å²) in [4.78, 5) is 23.9. The van der Waals surface area contributed by atoms with Crippen LogP contribution >= 0.6 is 11.8 Å². The van der Waals surface area contributed by atoms with Gasteiger partial charge in [-0.1, -0.05) is 29.8 Å². The van der Waals surface area contributed by atoms with Crippen LogP contribution in [0, 0.1) is 19.7 Å². The van der Waals surface area contributed by atoms with Crippen LogP contribution in [0.1, 0.15) is 29.7 Å². The van der Waals surface area contributed by atoms with Crippen molar-refractivity contribution in [2.75, 3.05) is 16.8 Å². The SMILES string of the molecule is Cc1ccc(NC(=O)CSCC(=O)O[C@@H](C)c2ccc(F)cc2)c(C)c1. The molecule has 0 unspecified atom stereocenters. The van der Waals surface area contributed by atoms with E-state index in [1.165, 1.54) is 23.9 Å². The maximum Gasteiger partial charge on any atom is 0.316 e. The number of hydrogen-bond donors (Lipinski definition) is 1. The van der Waals surface area contributed by atoms with Gasteiger partial charge in [-0.2, -0.15) is 0 Å². The van der Waals surface area contributed by atoms with Gasteiger partial charge in [0.1, 0.15) is 11.9 Å². The molecule has 26 heavy (non-hydrogen) atoms. The third-order valence-corrected chi connectivity index (χ3v) is 4.66. The Hall–Kier alpha value is -2.34. The molecule has 0 aliphatic heterocycles. The second-order valence-corrected chi connectivity index (χ2v) is 7.03. The molecule has 0 saturated carbocycles. The highest BCUT2D eigenvalue weighted by molar-refractivity contribution is 8.00. The number of anilines is 1. The number of hydrogen-bond acceptors (Lipinski definition) is 4. The molecule has 0 aromatic heterocycles. The number of benzene rings is 2. The third-order valence-electron chi connectivity index (χ3n) is 3.76. The molecule has 1 N–H and O–H groups in total. The number of halogens is 1. The van der Waals surface area contributed by atoms with Crippen LogP contribution in [-0.4, -0.2) is 23.4 Å². The molecule has 2 rings (SSSR count). The van der Waals surface area contributed by atoms with Gasteiger partial charge in [-0.05, 0) is 50.1 Å². The van der Waals surface area contributed by atoms with Gasteiger partial charge in [-0.15, -0.1) is 11.8 Å². The first-order valence-electron chi connectivity index (χ1n) is 8.25. The number of amides is 1. The number of aryl methyl sites for hydroxylation is 2. The van der Waals surface area contributed by atoms with E-state index in [-0.39, 0.29) is 23.2 Å². The number of thioether (sulfide) groups is 1. The molecule has 0 bridgehead atoms. The number of rotatable bonds is 7. The predicted molar refractivity (Wildman–Crippen MR) is 103 cm³/mol. The maximum atomic E-state index is 12.9. The van der Waals surface area contributed by atoms with Crippen molar-refractivity contribution in [1.82, 2.24) is 0 Å². The quantitative estimate of drug-likeness (QED) is 0.728. The maximum absolute atomic E-state index is 12.9. The van der Waals surface area contributed by atoms with Gasteiger partial charge in [0.2, 0.25) is 5.91 Å². The van der Waals surface area contributed by atoms with Crippen molar-refractivity contribution in [2.24, 2.45) is 0 Å². The van der Waals surface area contributed by atoms with Gasteiger partial charge in [0.05, 0.1) is 11.5 Å². The summed E-state index contributed by atoms with van der Waals surface area (Å²) in [6.45, 7) is 5.65. The lowest BCUT2D eigenvalue weighted by Crippen LogP contribution is -2.17. The first-order valence-corrected chi connectivity index (χ1v) is 9.40. The zero-order valence-corrected chi connectivity index (χ0v) is 15.9. The molecular weight excluding hydrogens is 353 g/mol. The predicted octanol–water partition coefficient (Wildman–Crippen LogP) is 4.42. The van der Waals surface area contributed by atoms with Crippen LogP contribution in [0.4, 0.5) is 10.1 Å². The Balaban J connectivity index is 1.73. The summed E-state index contributed by atoms with van der Waals surface area (Å²) in [7, 11) is 0. The van der Waals surface area contributed by atoms with Crippen LogP contribution in [-0.2, 0) is 14.3 Å². The zero-order valence-electron chi connectivity index (χ0n) is 15.0. The summed E-state index contributed by atoms with van der Waals surface area (Å²) in [6, 6.07) is 11.6. The van der Waals surface area contributed by atoms with Gasteiger partial charge >= 0.3 is 5.97 Å². The van der Waals surface area contributed by atoms with Gasteiger partial charge in [0.25, 0.3) is 0 Å². The number of esters is 1. The first kappa shape index (κ1) is 20.0. The Labute approximate surface area is 157 Å². The van der Waals surface area contributed by atoms with E-state index in [4.69, 9.17) is 4.74 Å². The minimum Gasteiger partial charge on any atom is -0.457 e. The lowest BCUT2D eigenvalue weighted by Gasteiger charge is -2.13. The molecule has 0 aliphatic rings. The van der Waals surface area contributed by atoms with E-state index in [0.29, 0.717) is 0 Å². The van der Waals surface area contributed by atoms with Gasteiger partial charge in [0, 0.05) is 5.69 Å². The molecule has 0 heterocycles. The number of ether oxygens (including phenoxy) is 1. The second-order valence-electron chi connectivity index (χ2n) is 6.04. The normalized spacial score (nSPS) is 11.7. The smallest absolute Gasteiger partial charge is 0.316 e. The van der Waals surface area contributed by atoms with Gasteiger partial charge in [0.15, 0.2) is 0 Å². The Morgan fingerprint density at radius 1 is 1.12 bits per heavy atom. The molecule has 0 fully saturated rings. The van der Waals surface area contributed by atoms with Gasteiger partial charge in [-0.25, -0.2) is 4.39 Å². The zero-order chi connectivity index (χ0) is 19.1. The Morgan fingerprint density at radius 3 is 2.46 bits per heavy atom. The second kappa shape index (κ2) is 9.38. The molecule has 6 heteroatoms. The third kappa shape index (κ3) is 6.19. The number of carbonyl (C=O) groups is 2. The van der Waals surface area contributed by atoms with E-state index in [9.17, 15) is 14.0 Å². The van der Waals surface area contributed by atoms with Crippen molar-refractivity contribution in [3.8, 4) is 0 Å². The summed E-state index contributed by atoms with van der Waals surface area (Å²) in [5.41, 5.74) is 3.62. The van der Waals surface area contributed by atoms with Crippen LogP contribution in [0.25, 0.3) is 0 Å². The highest BCUT2D eigenvalue weighted by Gasteiger charge is 2.13. The summed E-state index contributed by atoms with van der Waals surface area (Å²) < 4.78 is 18.2. The Bertz CT molecular complexity index is 777. The van der Waals surface area contributed by atoms with Crippen molar-refractivity contribution in [1.29, 1.82) is 0 Å². The fourth-order valence-electron chi connectivity index (χ4n) is 2.40. The molecule has 4 nitrogen and oxygen atoms in total. The molecule has 0 radical (unpaired) electrons. The van der Waals surface area contributed by atoms with E-state index in [2.05, 4.69) is 5.32 Å². The minimum absolute atomic E-state index is 0.0752. The van der Waals surface area contributed by atoms with Crippen molar-refractivity contribution in [2.45, 2.75) is 26.9 Å². The molecule has 0 saturated heterocycles. The Kier molecular flexibility index (Phi) is 7.21. The summed E-state index contributed by atoms with van der Waals surface area (Å²) in [5.74, 6) is -0.677. The Morgan fingerprint density at radius 2 is 1.81 bits per heavy atom. The molecule has 1 atom stereocenters. The molecule has 0 spiro atoms. The van der Waals surface area contributed by atoms with Crippen molar-refractivity contribution in [3.05, 3.63) is 65.0 Å². The molecule has 2 aromatic carbocycles. The van der Waals surface area contributed by atoms with E-state index in [1.807, 2.05) is 32.0 Å². The highest BCUT2D eigenvalue weighted by atomic mass is 32.2. The number of nitrogens with one attached hydrogen (secondary N) is 1. The van der Waals surface area contributed by atoms with Crippen molar-refractivity contribution >= 4 is 29.3 Å². The van der Waals surface area contributed by atoms with E-state index >= 15 is 0 Å². The fourth-order valence-corrected chi connectivity index (χ4v) is 2.99. The number of carbonyl (C=O) groups excluding carboxylic acids is 2. The molecular formula is C20H22FNO3S. The summed E-state index contributed by atoms with van der Waals surface area (Å²) >= 11 is 1.19. The molecule has 0 aliphatic carbocycles. The van der Waals surface area contributed by atoms with Gasteiger partial charge < -0.3 is 10.1 Å². The summed E-state index contributed by atoms with van der Waals surface area (Å²) in [6.07, 6.45) is -0.465. The fraction of sp³-hybridized carbons (Fsp3) is 0.300. The average molecular weight is 375 g/mol. The molecule has 138 valence electrons. The lowest BCUT2D eigenvalue weighted by atomic mass is 10.1. The van der Waals surface area contributed by atoms with Crippen LogP contribution in [0.15, 0.2) is 42.5 Å². The van der Waals surface area contributed by atoms with Crippen LogP contribution in [0.3, 0.4) is 0 Å². The minimum atomic E-state index is -0.465. The standard InChI is InChI=1S/C20H22FNO3S/c1-13-4-9-18(14(2)10-13)22-19(23)11-26-12-20(24)25-15(3)16-5-7-17(21)8-6-16/h4-10,15H,11-12H2,1-3H3,(H,22,23)/t15-/m0/s1. The first-order chi connectivity index (χ1) is 12.3. The van der Waals surface area contributed by atoms with Crippen LogP contribution in [0.2, 0.25) is 0 Å².